The SMILES string of the molecule is COc1ccc(Cn2nnnc2C2=C(CCl)CS(=O)(=O)[C@@H]3[C@@H](OC)C(=O)N23)cc1. The molecule has 2 aromatic rings. The van der Waals surface area contributed by atoms with Crippen LogP contribution in [0.2, 0.25) is 0 Å². The molecule has 2 atom stereocenters. The Balaban J connectivity index is 1.74. The van der Waals surface area contributed by atoms with Gasteiger partial charge in [0.25, 0.3) is 5.91 Å². The summed E-state index contributed by atoms with van der Waals surface area (Å²) in [5.74, 6) is 0.180. The van der Waals surface area contributed by atoms with E-state index >= 15 is 0 Å². The number of aromatic nitrogens is 4. The van der Waals surface area contributed by atoms with Crippen LogP contribution in [0.25, 0.3) is 5.70 Å². The first-order valence-corrected chi connectivity index (χ1v) is 10.9. The molecule has 1 saturated heterocycles. The zero-order valence-electron chi connectivity index (χ0n) is 15.6. The van der Waals surface area contributed by atoms with E-state index in [-0.39, 0.29) is 17.5 Å². The predicted octanol–water partition coefficient (Wildman–Crippen LogP) is 0.292. The molecule has 10 nitrogen and oxygen atoms in total. The minimum Gasteiger partial charge on any atom is -0.497 e. The highest BCUT2D eigenvalue weighted by atomic mass is 35.5. The average Bonchev–Trinajstić information content (AvgIpc) is 3.16. The van der Waals surface area contributed by atoms with E-state index in [1.807, 2.05) is 24.3 Å². The largest absolute Gasteiger partial charge is 0.497 e. The number of hydrogen-bond acceptors (Lipinski definition) is 8. The zero-order valence-corrected chi connectivity index (χ0v) is 17.2. The van der Waals surface area contributed by atoms with Gasteiger partial charge in [-0.15, -0.1) is 16.7 Å². The third-order valence-electron chi connectivity index (χ3n) is 4.96. The second kappa shape index (κ2) is 7.39. The second-order valence-corrected chi connectivity index (χ2v) is 9.02. The van der Waals surface area contributed by atoms with E-state index in [0.717, 1.165) is 11.3 Å². The van der Waals surface area contributed by atoms with Crippen LogP contribution in [0.5, 0.6) is 5.75 Å². The number of methoxy groups -OCH3 is 2. The Bertz CT molecular complexity index is 1080. The average molecular weight is 440 g/mol. The molecule has 1 aromatic carbocycles. The van der Waals surface area contributed by atoms with E-state index in [9.17, 15) is 13.2 Å². The fourth-order valence-corrected chi connectivity index (χ4v) is 5.92. The van der Waals surface area contributed by atoms with E-state index in [4.69, 9.17) is 21.1 Å². The van der Waals surface area contributed by atoms with E-state index in [2.05, 4.69) is 15.5 Å². The molecular weight excluding hydrogens is 422 g/mol. The maximum atomic E-state index is 12.6. The maximum Gasteiger partial charge on any atom is 0.260 e. The molecule has 29 heavy (non-hydrogen) atoms. The monoisotopic (exact) mass is 439 g/mol. The van der Waals surface area contributed by atoms with Crippen LogP contribution in [0.4, 0.5) is 0 Å². The van der Waals surface area contributed by atoms with Crippen molar-refractivity contribution >= 4 is 33.0 Å². The Morgan fingerprint density at radius 1 is 1.24 bits per heavy atom. The lowest BCUT2D eigenvalue weighted by Crippen LogP contribution is -2.69. The normalized spacial score (nSPS) is 23.0. The molecule has 0 spiro atoms. The van der Waals surface area contributed by atoms with Crippen LogP contribution >= 0.6 is 11.6 Å². The fraction of sp³-hybridized carbons (Fsp3) is 0.412. The van der Waals surface area contributed by atoms with Gasteiger partial charge >= 0.3 is 0 Å². The van der Waals surface area contributed by atoms with Gasteiger partial charge in [0.2, 0.25) is 0 Å². The molecule has 1 amide bonds. The highest BCUT2D eigenvalue weighted by Crippen LogP contribution is 2.41. The second-order valence-electron chi connectivity index (χ2n) is 6.66. The molecule has 0 bridgehead atoms. The summed E-state index contributed by atoms with van der Waals surface area (Å²) in [5, 5.41) is 10.7. The first kappa shape index (κ1) is 19.8. The number of alkyl halides is 1. The van der Waals surface area contributed by atoms with Crippen LogP contribution in [0, 0.1) is 0 Å². The van der Waals surface area contributed by atoms with Gasteiger partial charge in [-0.25, -0.2) is 13.1 Å². The van der Waals surface area contributed by atoms with Gasteiger partial charge in [0.05, 0.1) is 25.1 Å². The molecule has 0 unspecified atom stereocenters. The molecule has 12 heteroatoms. The van der Waals surface area contributed by atoms with Gasteiger partial charge in [0.15, 0.2) is 27.1 Å². The summed E-state index contributed by atoms with van der Waals surface area (Å²) in [6.07, 6.45) is -1.04. The molecule has 4 rings (SSSR count). The molecule has 0 N–H and O–H groups in total. The quantitative estimate of drug-likeness (QED) is 0.465. The summed E-state index contributed by atoms with van der Waals surface area (Å²) in [4.78, 5) is 13.8. The summed E-state index contributed by atoms with van der Waals surface area (Å²) in [6.45, 7) is 0.318. The van der Waals surface area contributed by atoms with Crippen molar-refractivity contribution < 1.29 is 22.7 Å². The Morgan fingerprint density at radius 3 is 2.59 bits per heavy atom. The standard InChI is InChI=1S/C17H18ClN5O5S/c1-27-12-5-3-10(4-6-12)8-22-15(19-20-21-22)13-11(7-18)9-29(25,26)17-14(28-2)16(24)23(13)17/h3-6,14,17H,7-9H2,1-2H3/t14-,17+/m0/s1. The van der Waals surface area contributed by atoms with Gasteiger partial charge in [0.1, 0.15) is 5.75 Å². The van der Waals surface area contributed by atoms with Crippen molar-refractivity contribution in [2.75, 3.05) is 25.9 Å². The third-order valence-corrected chi connectivity index (χ3v) is 7.23. The summed E-state index contributed by atoms with van der Waals surface area (Å²) < 4.78 is 37.0. The number of carbonyl (C=O) groups excluding carboxylic acids is 1. The molecule has 0 aliphatic carbocycles. The molecule has 154 valence electrons. The van der Waals surface area contributed by atoms with Crippen LogP contribution in [0.15, 0.2) is 29.8 Å². The van der Waals surface area contributed by atoms with Crippen molar-refractivity contribution in [3.8, 4) is 5.75 Å². The van der Waals surface area contributed by atoms with Gasteiger partial charge in [-0.2, -0.15) is 0 Å². The van der Waals surface area contributed by atoms with Gasteiger partial charge in [-0.1, -0.05) is 12.1 Å². The number of rotatable bonds is 6. The predicted molar refractivity (Wildman–Crippen MR) is 103 cm³/mol. The van der Waals surface area contributed by atoms with Gasteiger partial charge in [-0.05, 0) is 33.7 Å². The highest BCUT2D eigenvalue weighted by Gasteiger charge is 2.60. The number of amides is 1. The lowest BCUT2D eigenvalue weighted by Gasteiger charge is -2.48. The fourth-order valence-electron chi connectivity index (χ4n) is 3.56. The lowest BCUT2D eigenvalue weighted by molar-refractivity contribution is -0.156. The molecule has 0 saturated carbocycles. The van der Waals surface area contributed by atoms with Crippen molar-refractivity contribution in [2.24, 2.45) is 0 Å². The maximum absolute atomic E-state index is 12.6. The van der Waals surface area contributed by atoms with Gasteiger partial charge < -0.3 is 9.47 Å². The number of sulfone groups is 1. The first-order valence-electron chi connectivity index (χ1n) is 8.66. The summed E-state index contributed by atoms with van der Waals surface area (Å²) in [7, 11) is -0.745. The number of benzene rings is 1. The number of hydrogen-bond donors (Lipinski definition) is 0. The minimum atomic E-state index is -3.64. The summed E-state index contributed by atoms with van der Waals surface area (Å²) in [6, 6.07) is 7.36. The van der Waals surface area contributed by atoms with Crippen molar-refractivity contribution in [2.45, 2.75) is 18.0 Å². The van der Waals surface area contributed by atoms with Crippen molar-refractivity contribution in [1.82, 2.24) is 25.1 Å². The molecule has 3 heterocycles. The number of β-lactam (4-membered cyclic amide) rings is 1. The Morgan fingerprint density at radius 2 is 1.97 bits per heavy atom. The Hall–Kier alpha value is -2.50. The van der Waals surface area contributed by atoms with Crippen molar-refractivity contribution in [3.05, 3.63) is 41.2 Å². The van der Waals surface area contributed by atoms with Crippen LogP contribution in [0.1, 0.15) is 11.4 Å². The number of carbonyl (C=O) groups is 1. The summed E-state index contributed by atoms with van der Waals surface area (Å²) >= 11 is 6.04. The number of tetrazole rings is 1. The summed E-state index contributed by atoms with van der Waals surface area (Å²) in [5.41, 5.74) is 1.60. The number of halogens is 1. The molecule has 0 radical (unpaired) electrons. The molecular formula is C17H18ClN5O5S. The number of nitrogens with zero attached hydrogens (tertiary/aromatic N) is 5. The van der Waals surface area contributed by atoms with E-state index in [1.54, 1.807) is 7.11 Å². The third kappa shape index (κ3) is 3.18. The number of fused-ring (bicyclic) bond motifs is 1. The van der Waals surface area contributed by atoms with E-state index < -0.39 is 27.2 Å². The minimum absolute atomic E-state index is 0.0713. The Labute approximate surface area is 171 Å². The molecule has 1 aromatic heterocycles. The molecule has 2 aliphatic rings. The van der Waals surface area contributed by atoms with Crippen LogP contribution in [0.3, 0.4) is 0 Å². The lowest BCUT2D eigenvalue weighted by atomic mass is 10.1. The van der Waals surface area contributed by atoms with E-state index in [1.165, 1.54) is 16.7 Å². The Kier molecular flexibility index (Phi) is 5.05. The molecule has 2 aliphatic heterocycles. The van der Waals surface area contributed by atoms with Crippen LogP contribution < -0.4 is 4.74 Å². The molecule has 1 fully saturated rings. The number of ether oxygens (including phenoxy) is 2. The zero-order chi connectivity index (χ0) is 20.8. The first-order chi connectivity index (χ1) is 13.9. The van der Waals surface area contributed by atoms with E-state index in [0.29, 0.717) is 17.8 Å². The smallest absolute Gasteiger partial charge is 0.260 e. The topological polar surface area (TPSA) is 117 Å². The van der Waals surface area contributed by atoms with Crippen LogP contribution in [-0.2, 0) is 25.9 Å². The van der Waals surface area contributed by atoms with Crippen molar-refractivity contribution in [3.63, 3.8) is 0 Å². The highest BCUT2D eigenvalue weighted by molar-refractivity contribution is 7.92. The van der Waals surface area contributed by atoms with Gasteiger partial charge in [-0.3, -0.25) is 9.69 Å². The van der Waals surface area contributed by atoms with Crippen molar-refractivity contribution in [1.29, 1.82) is 0 Å². The van der Waals surface area contributed by atoms with Gasteiger partial charge in [0, 0.05) is 13.0 Å². The van der Waals surface area contributed by atoms with Crippen LogP contribution in [-0.4, -0.2) is 76.8 Å².